The maximum Gasteiger partial charge on any atom is 0.328 e. The van der Waals surface area contributed by atoms with E-state index in [-0.39, 0.29) is 17.1 Å². The SMILES string of the molecule is CC(O)[C@H](NC(=O)c1ccc(-c2ccc(Nc3nc4ccc(F)cc4s3)c(F)c2)cc1)C(=O)O. The molecule has 174 valence electrons. The van der Waals surface area contributed by atoms with Gasteiger partial charge in [-0.05, 0) is 60.5 Å². The third-order valence-corrected chi connectivity index (χ3v) is 6.01. The highest BCUT2D eigenvalue weighted by Gasteiger charge is 2.25. The molecule has 1 aromatic heterocycles. The topological polar surface area (TPSA) is 112 Å². The molecule has 3 aromatic carbocycles. The number of carboxylic acids is 1. The predicted octanol–water partition coefficient (Wildman–Crippen LogP) is 4.55. The molecule has 1 amide bonds. The molecular formula is C24H19F2N3O4S. The lowest BCUT2D eigenvalue weighted by molar-refractivity contribution is -0.141. The molecule has 0 fully saturated rings. The van der Waals surface area contributed by atoms with Crippen LogP contribution in [0.3, 0.4) is 0 Å². The highest BCUT2D eigenvalue weighted by Crippen LogP contribution is 2.31. The number of rotatable bonds is 7. The van der Waals surface area contributed by atoms with E-state index in [9.17, 15) is 23.5 Å². The van der Waals surface area contributed by atoms with Crippen molar-refractivity contribution in [2.45, 2.75) is 19.1 Å². The van der Waals surface area contributed by atoms with Crippen LogP contribution in [0.5, 0.6) is 0 Å². The number of aliphatic carboxylic acids is 1. The van der Waals surface area contributed by atoms with Crippen molar-refractivity contribution < 1.29 is 28.6 Å². The van der Waals surface area contributed by atoms with Gasteiger partial charge in [-0.2, -0.15) is 0 Å². The van der Waals surface area contributed by atoms with Gasteiger partial charge in [0.2, 0.25) is 0 Å². The number of carbonyl (C=O) groups is 2. The van der Waals surface area contributed by atoms with Crippen LogP contribution in [0.2, 0.25) is 0 Å². The molecule has 0 aliphatic heterocycles. The molecule has 4 rings (SSSR count). The van der Waals surface area contributed by atoms with Crippen molar-refractivity contribution in [3.05, 3.63) is 77.9 Å². The number of aliphatic hydroxyl groups excluding tert-OH is 1. The molecule has 2 atom stereocenters. The van der Waals surface area contributed by atoms with Crippen LogP contribution in [0.1, 0.15) is 17.3 Å². The number of amides is 1. The van der Waals surface area contributed by atoms with Gasteiger partial charge in [0.25, 0.3) is 5.91 Å². The largest absolute Gasteiger partial charge is 0.480 e. The summed E-state index contributed by atoms with van der Waals surface area (Å²) in [5.41, 5.74) is 2.22. The van der Waals surface area contributed by atoms with Gasteiger partial charge in [-0.15, -0.1) is 0 Å². The van der Waals surface area contributed by atoms with Crippen molar-refractivity contribution in [1.29, 1.82) is 0 Å². The summed E-state index contributed by atoms with van der Waals surface area (Å²) in [4.78, 5) is 27.8. The zero-order chi connectivity index (χ0) is 24.4. The second-order valence-electron chi connectivity index (χ2n) is 7.56. The van der Waals surface area contributed by atoms with E-state index in [1.807, 2.05) is 0 Å². The van der Waals surface area contributed by atoms with Crippen molar-refractivity contribution in [2.75, 3.05) is 5.32 Å². The standard InChI is InChI=1S/C24H19F2N3O4S/c1-12(30)21(23(32)33)29-22(31)14-4-2-13(3-5-14)15-6-8-18(17(26)10-15)27-24-28-19-9-7-16(25)11-20(19)34-24/h2-12,21,30H,1H3,(H,27,28)(H,29,31)(H,32,33)/t12?,21-/m0/s1. The summed E-state index contributed by atoms with van der Waals surface area (Å²) >= 11 is 1.21. The van der Waals surface area contributed by atoms with Gasteiger partial charge in [0.1, 0.15) is 11.6 Å². The first-order valence-corrected chi connectivity index (χ1v) is 11.0. The first kappa shape index (κ1) is 23.3. The van der Waals surface area contributed by atoms with Crippen molar-refractivity contribution in [3.8, 4) is 11.1 Å². The quantitative estimate of drug-likeness (QED) is 0.307. The van der Waals surface area contributed by atoms with Crippen LogP contribution in [0.25, 0.3) is 21.3 Å². The predicted molar refractivity (Wildman–Crippen MR) is 125 cm³/mol. The van der Waals surface area contributed by atoms with E-state index in [4.69, 9.17) is 5.11 Å². The maximum atomic E-state index is 14.8. The van der Waals surface area contributed by atoms with E-state index in [1.54, 1.807) is 30.3 Å². The van der Waals surface area contributed by atoms with Gasteiger partial charge in [-0.25, -0.2) is 18.6 Å². The fraction of sp³-hybridized carbons (Fsp3) is 0.125. The number of aliphatic hydroxyl groups is 1. The minimum Gasteiger partial charge on any atom is -0.480 e. The average molecular weight is 483 g/mol. The van der Waals surface area contributed by atoms with Gasteiger partial charge in [0.15, 0.2) is 11.2 Å². The van der Waals surface area contributed by atoms with Gasteiger partial charge < -0.3 is 20.8 Å². The Morgan fingerprint density at radius 2 is 1.71 bits per heavy atom. The summed E-state index contributed by atoms with van der Waals surface area (Å²) in [5.74, 6) is -2.89. The Balaban J connectivity index is 1.48. The van der Waals surface area contributed by atoms with Gasteiger partial charge in [-0.1, -0.05) is 29.5 Å². The molecule has 0 saturated carbocycles. The first-order valence-electron chi connectivity index (χ1n) is 10.2. The van der Waals surface area contributed by atoms with Crippen LogP contribution in [-0.4, -0.2) is 39.2 Å². The average Bonchev–Trinajstić information content (AvgIpc) is 3.19. The number of carbonyl (C=O) groups excluding carboxylic acids is 1. The molecule has 34 heavy (non-hydrogen) atoms. The van der Waals surface area contributed by atoms with Crippen LogP contribution in [-0.2, 0) is 4.79 Å². The zero-order valence-corrected chi connectivity index (χ0v) is 18.6. The number of hydrogen-bond acceptors (Lipinski definition) is 6. The van der Waals surface area contributed by atoms with E-state index in [1.165, 1.54) is 48.6 Å². The molecule has 10 heteroatoms. The number of halogens is 2. The molecule has 1 unspecified atom stereocenters. The van der Waals surface area contributed by atoms with Gasteiger partial charge >= 0.3 is 5.97 Å². The van der Waals surface area contributed by atoms with Gasteiger partial charge in [-0.3, -0.25) is 4.79 Å². The molecular weight excluding hydrogens is 464 g/mol. The number of benzene rings is 3. The van der Waals surface area contributed by atoms with Crippen LogP contribution in [0, 0.1) is 11.6 Å². The molecule has 0 spiro atoms. The highest BCUT2D eigenvalue weighted by molar-refractivity contribution is 7.22. The maximum absolute atomic E-state index is 14.8. The molecule has 0 aliphatic carbocycles. The fourth-order valence-electron chi connectivity index (χ4n) is 3.29. The Kier molecular flexibility index (Phi) is 6.53. The molecule has 0 aliphatic rings. The number of nitrogens with one attached hydrogen (secondary N) is 2. The Labute approximate surface area is 196 Å². The number of aromatic nitrogens is 1. The van der Waals surface area contributed by atoms with Crippen molar-refractivity contribution in [2.24, 2.45) is 0 Å². The third kappa shape index (κ3) is 5.03. The number of carboxylic acid groups (broad SMARTS) is 1. The van der Waals surface area contributed by atoms with E-state index < -0.39 is 29.8 Å². The third-order valence-electron chi connectivity index (χ3n) is 5.08. The lowest BCUT2D eigenvalue weighted by Gasteiger charge is -2.17. The van der Waals surface area contributed by atoms with Crippen LogP contribution in [0.15, 0.2) is 60.7 Å². The number of anilines is 2. The Hall–Kier alpha value is -3.89. The second kappa shape index (κ2) is 9.54. The van der Waals surface area contributed by atoms with Crippen molar-refractivity contribution in [3.63, 3.8) is 0 Å². The monoisotopic (exact) mass is 483 g/mol. The van der Waals surface area contributed by atoms with E-state index in [2.05, 4.69) is 15.6 Å². The summed E-state index contributed by atoms with van der Waals surface area (Å²) in [7, 11) is 0. The minimum absolute atomic E-state index is 0.196. The summed E-state index contributed by atoms with van der Waals surface area (Å²) in [6, 6.07) is 13.6. The van der Waals surface area contributed by atoms with Crippen molar-refractivity contribution >= 4 is 44.2 Å². The van der Waals surface area contributed by atoms with Crippen LogP contribution in [0.4, 0.5) is 19.6 Å². The molecule has 4 N–H and O–H groups in total. The summed E-state index contributed by atoms with van der Waals surface area (Å²) in [5, 5.41) is 24.2. The second-order valence-corrected chi connectivity index (χ2v) is 8.59. The number of thiazole rings is 1. The molecule has 4 aromatic rings. The lowest BCUT2D eigenvalue weighted by Crippen LogP contribution is -2.47. The summed E-state index contributed by atoms with van der Waals surface area (Å²) in [6.45, 7) is 1.27. The van der Waals surface area contributed by atoms with Crippen LogP contribution >= 0.6 is 11.3 Å². The number of nitrogens with zero attached hydrogens (tertiary/aromatic N) is 1. The summed E-state index contributed by atoms with van der Waals surface area (Å²) in [6.07, 6.45) is -1.26. The molecule has 1 heterocycles. The summed E-state index contributed by atoms with van der Waals surface area (Å²) < 4.78 is 28.8. The fourth-order valence-corrected chi connectivity index (χ4v) is 4.19. The number of hydrogen-bond donors (Lipinski definition) is 4. The minimum atomic E-state index is -1.43. The molecule has 0 bridgehead atoms. The highest BCUT2D eigenvalue weighted by atomic mass is 32.1. The number of fused-ring (bicyclic) bond motifs is 1. The Morgan fingerprint density at radius 3 is 2.35 bits per heavy atom. The lowest BCUT2D eigenvalue weighted by atomic mass is 10.0. The van der Waals surface area contributed by atoms with Gasteiger partial charge in [0.05, 0.1) is 22.0 Å². The normalized spacial score (nSPS) is 12.8. The molecule has 0 radical (unpaired) electrons. The molecule has 0 saturated heterocycles. The molecule has 7 nitrogen and oxygen atoms in total. The van der Waals surface area contributed by atoms with Crippen LogP contribution < -0.4 is 10.6 Å². The van der Waals surface area contributed by atoms with E-state index in [0.717, 1.165) is 0 Å². The van der Waals surface area contributed by atoms with Gasteiger partial charge in [0, 0.05) is 5.56 Å². The zero-order valence-electron chi connectivity index (χ0n) is 17.8. The van der Waals surface area contributed by atoms with E-state index in [0.29, 0.717) is 26.5 Å². The Bertz CT molecular complexity index is 1370. The van der Waals surface area contributed by atoms with Crippen molar-refractivity contribution in [1.82, 2.24) is 10.3 Å². The first-order chi connectivity index (χ1) is 16.2. The smallest absolute Gasteiger partial charge is 0.328 e. The van der Waals surface area contributed by atoms with E-state index >= 15 is 0 Å². The Morgan fingerprint density at radius 1 is 1.00 bits per heavy atom.